The molecule has 0 aromatic rings. The van der Waals surface area contributed by atoms with Gasteiger partial charge in [-0.05, 0) is 6.92 Å². The molecule has 9 heteroatoms. The van der Waals surface area contributed by atoms with Gasteiger partial charge in [-0.15, -0.1) is 6.42 Å². The number of rotatable bonds is 9. The summed E-state index contributed by atoms with van der Waals surface area (Å²) in [5.41, 5.74) is 0.434. The Hall–Kier alpha value is -0.316. The van der Waals surface area contributed by atoms with Gasteiger partial charge in [0.1, 0.15) is 0 Å². The molecule has 8 nitrogen and oxygen atoms in total. The first-order valence-corrected chi connectivity index (χ1v) is 7.34. The van der Waals surface area contributed by atoms with Crippen molar-refractivity contribution in [2.45, 2.75) is 13.3 Å². The SMILES string of the molecule is C=C(C)C(=O)OCC[CH2-].COCCO.COCCO.COCCO.[Ti]. The van der Waals surface area contributed by atoms with Gasteiger partial charge in [0.15, 0.2) is 0 Å². The maximum atomic E-state index is 10.6. The van der Waals surface area contributed by atoms with Crippen LogP contribution in [0.5, 0.6) is 0 Å². The molecule has 0 radical (unpaired) electrons. The Labute approximate surface area is 167 Å². The van der Waals surface area contributed by atoms with Crippen molar-refractivity contribution in [1.29, 1.82) is 0 Å². The molecule has 25 heavy (non-hydrogen) atoms. The Kier molecular flexibility index (Phi) is 55.7. The van der Waals surface area contributed by atoms with E-state index in [1.54, 1.807) is 28.3 Å². The van der Waals surface area contributed by atoms with Gasteiger partial charge in [-0.3, -0.25) is 0 Å². The van der Waals surface area contributed by atoms with E-state index in [1.165, 1.54) is 0 Å². The third-order valence-electron chi connectivity index (χ3n) is 1.61. The predicted molar refractivity (Wildman–Crippen MR) is 92.6 cm³/mol. The standard InChI is InChI=1S/C7H11O2.3C3H8O2.Ti/c1-4-5-9-7(8)6(2)3;3*1-5-3-2-4;/h1-2,4-5H2,3H3;3*4H,2-3H2,1H3;/q-1;;;;. The first-order valence-electron chi connectivity index (χ1n) is 7.34. The van der Waals surface area contributed by atoms with E-state index in [9.17, 15) is 4.79 Å². The molecule has 0 aliphatic heterocycles. The molecule has 0 aromatic carbocycles. The van der Waals surface area contributed by atoms with Crippen molar-refractivity contribution in [2.24, 2.45) is 0 Å². The van der Waals surface area contributed by atoms with Crippen molar-refractivity contribution in [1.82, 2.24) is 0 Å². The third kappa shape index (κ3) is 59.5. The van der Waals surface area contributed by atoms with Gasteiger partial charge in [0, 0.05) is 48.6 Å². The van der Waals surface area contributed by atoms with Crippen molar-refractivity contribution >= 4 is 5.97 Å². The van der Waals surface area contributed by atoms with E-state index in [4.69, 9.17) is 15.3 Å². The van der Waals surface area contributed by atoms with Crippen LogP contribution in [-0.2, 0) is 45.5 Å². The number of carbonyl (C=O) groups is 1. The molecule has 0 spiro atoms. The number of methoxy groups -OCH3 is 3. The molecular formula is C16H35O8Ti-. The molecule has 0 atom stereocenters. The van der Waals surface area contributed by atoms with Crippen molar-refractivity contribution < 1.29 is 60.8 Å². The zero-order chi connectivity index (χ0) is 19.6. The number of carbonyl (C=O) groups excluding carboxylic acids is 1. The maximum absolute atomic E-state index is 10.6. The van der Waals surface area contributed by atoms with Gasteiger partial charge in [0.25, 0.3) is 0 Å². The first-order chi connectivity index (χ1) is 11.4. The van der Waals surface area contributed by atoms with Crippen LogP contribution in [-0.4, -0.2) is 88.9 Å². The molecule has 3 N–H and O–H groups in total. The first kappa shape index (κ1) is 35.7. The Bertz CT molecular complexity index is 220. The fourth-order valence-corrected chi connectivity index (χ4v) is 0.562. The van der Waals surface area contributed by atoms with E-state index in [2.05, 4.69) is 32.5 Å². The van der Waals surface area contributed by atoms with Crippen LogP contribution in [0.4, 0.5) is 0 Å². The van der Waals surface area contributed by atoms with Crippen LogP contribution in [0.2, 0.25) is 0 Å². The van der Waals surface area contributed by atoms with E-state index in [-0.39, 0.29) is 47.5 Å². The number of esters is 1. The van der Waals surface area contributed by atoms with E-state index < -0.39 is 0 Å². The summed E-state index contributed by atoms with van der Waals surface area (Å²) in [6.45, 7) is 10.6. The number of aliphatic hydroxyl groups excluding tert-OH is 3. The van der Waals surface area contributed by atoms with Crippen LogP contribution in [0.15, 0.2) is 12.2 Å². The Morgan fingerprint density at radius 1 is 0.880 bits per heavy atom. The molecule has 0 unspecified atom stereocenters. The summed E-state index contributed by atoms with van der Waals surface area (Å²) in [5, 5.41) is 23.8. The molecule has 0 aromatic heterocycles. The second-order valence-corrected chi connectivity index (χ2v) is 3.92. The summed E-state index contributed by atoms with van der Waals surface area (Å²) in [5.74, 6) is -0.335. The van der Waals surface area contributed by atoms with Crippen LogP contribution in [0, 0.1) is 6.92 Å². The summed E-state index contributed by atoms with van der Waals surface area (Å²) in [4.78, 5) is 10.6. The average molecular weight is 403 g/mol. The minimum atomic E-state index is -0.335. The Morgan fingerprint density at radius 3 is 1.32 bits per heavy atom. The normalized spacial score (nSPS) is 8.16. The second-order valence-electron chi connectivity index (χ2n) is 3.92. The van der Waals surface area contributed by atoms with E-state index >= 15 is 0 Å². The largest absolute Gasteiger partial charge is 0.465 e. The molecule has 0 amide bonds. The van der Waals surface area contributed by atoms with Gasteiger partial charge >= 0.3 is 5.97 Å². The van der Waals surface area contributed by atoms with Crippen LogP contribution in [0.25, 0.3) is 0 Å². The summed E-state index contributed by atoms with van der Waals surface area (Å²) in [7, 11) is 4.66. The van der Waals surface area contributed by atoms with Crippen molar-refractivity contribution in [3.8, 4) is 0 Å². The molecule has 0 saturated heterocycles. The van der Waals surface area contributed by atoms with E-state index in [1.807, 2.05) is 0 Å². The Balaban J connectivity index is -0.0000000733. The number of ether oxygens (including phenoxy) is 4. The van der Waals surface area contributed by atoms with Crippen LogP contribution in [0.1, 0.15) is 13.3 Å². The van der Waals surface area contributed by atoms with Gasteiger partial charge in [-0.25, -0.2) is 4.79 Å². The molecule has 0 fully saturated rings. The zero-order valence-corrected chi connectivity index (χ0v) is 17.5. The molecule has 0 bridgehead atoms. The summed E-state index contributed by atoms with van der Waals surface area (Å²) in [6, 6.07) is 0. The third-order valence-corrected chi connectivity index (χ3v) is 1.61. The van der Waals surface area contributed by atoms with Crippen LogP contribution in [0.3, 0.4) is 0 Å². The molecular weight excluding hydrogens is 368 g/mol. The number of hydrogen-bond acceptors (Lipinski definition) is 8. The number of aliphatic hydroxyl groups is 3. The Morgan fingerprint density at radius 2 is 1.20 bits per heavy atom. The molecule has 0 saturated carbocycles. The summed E-state index contributed by atoms with van der Waals surface area (Å²) >= 11 is 0. The molecule has 0 heterocycles. The van der Waals surface area contributed by atoms with Gasteiger partial charge in [0.05, 0.1) is 46.2 Å². The monoisotopic (exact) mass is 403 g/mol. The van der Waals surface area contributed by atoms with Gasteiger partial charge < -0.3 is 41.2 Å². The van der Waals surface area contributed by atoms with Gasteiger partial charge in [-0.2, -0.15) is 0 Å². The predicted octanol–water partition coefficient (Wildman–Crippen LogP) is 0.203. The van der Waals surface area contributed by atoms with Crippen molar-refractivity contribution in [3.05, 3.63) is 19.1 Å². The van der Waals surface area contributed by atoms with Gasteiger partial charge in [0.2, 0.25) is 0 Å². The average Bonchev–Trinajstić information content (AvgIpc) is 2.56. The van der Waals surface area contributed by atoms with Crippen molar-refractivity contribution in [2.75, 3.05) is 67.6 Å². The van der Waals surface area contributed by atoms with Crippen molar-refractivity contribution in [3.63, 3.8) is 0 Å². The smallest absolute Gasteiger partial charge is 0.333 e. The zero-order valence-electron chi connectivity index (χ0n) is 16.0. The summed E-state index contributed by atoms with van der Waals surface area (Å²) in [6.07, 6.45) is 0.610. The minimum absolute atomic E-state index is 0. The molecule has 152 valence electrons. The summed E-state index contributed by atoms with van der Waals surface area (Å²) < 4.78 is 18.0. The topological polar surface area (TPSA) is 115 Å². The number of hydrogen-bond donors (Lipinski definition) is 3. The fourth-order valence-electron chi connectivity index (χ4n) is 0.562. The quantitative estimate of drug-likeness (QED) is 0.217. The van der Waals surface area contributed by atoms with E-state index in [0.717, 1.165) is 0 Å². The molecule has 0 rings (SSSR count). The van der Waals surface area contributed by atoms with Crippen LogP contribution < -0.4 is 0 Å². The minimum Gasteiger partial charge on any atom is -0.465 e. The van der Waals surface area contributed by atoms with Gasteiger partial charge in [-0.1, -0.05) is 6.58 Å². The molecule has 0 aliphatic rings. The molecule has 0 aliphatic carbocycles. The maximum Gasteiger partial charge on any atom is 0.333 e. The van der Waals surface area contributed by atoms with E-state index in [0.29, 0.717) is 38.4 Å². The fraction of sp³-hybridized carbons (Fsp3) is 0.750. The van der Waals surface area contributed by atoms with Crippen LogP contribution >= 0.6 is 0 Å². The second kappa shape index (κ2) is 39.0.